The van der Waals surface area contributed by atoms with Crippen LogP contribution in [-0.2, 0) is 16.0 Å². The van der Waals surface area contributed by atoms with Gasteiger partial charge in [0.25, 0.3) is 11.8 Å². The van der Waals surface area contributed by atoms with Gasteiger partial charge in [0, 0.05) is 27.2 Å². The molecule has 1 heterocycles. The minimum atomic E-state index is -0.350. The number of hydrogen-bond donors (Lipinski definition) is 1. The van der Waals surface area contributed by atoms with Gasteiger partial charge >= 0.3 is 0 Å². The van der Waals surface area contributed by atoms with E-state index in [1.807, 2.05) is 42.5 Å². The van der Waals surface area contributed by atoms with Crippen molar-refractivity contribution < 1.29 is 9.59 Å². The van der Waals surface area contributed by atoms with Crippen molar-refractivity contribution in [3.63, 3.8) is 0 Å². The third kappa shape index (κ3) is 5.13. The maximum absolute atomic E-state index is 13.2. The molecule has 2 amide bonds. The number of carbonyl (C=O) groups is 2. The lowest BCUT2D eigenvalue weighted by molar-refractivity contribution is -0.137. The van der Waals surface area contributed by atoms with Crippen LogP contribution in [0.15, 0.2) is 94.4 Å². The van der Waals surface area contributed by atoms with E-state index in [-0.39, 0.29) is 17.5 Å². The molecule has 3 aromatic carbocycles. The van der Waals surface area contributed by atoms with Crippen LogP contribution in [0.2, 0.25) is 10.0 Å². The molecule has 156 valence electrons. The summed E-state index contributed by atoms with van der Waals surface area (Å²) in [6.07, 6.45) is 0.585. The average molecular weight is 469 g/mol. The fourth-order valence-electron chi connectivity index (χ4n) is 3.18. The molecule has 0 saturated heterocycles. The number of halogens is 2. The molecule has 0 unspecified atom stereocenters. The number of amides is 2. The molecule has 31 heavy (non-hydrogen) atoms. The van der Waals surface area contributed by atoms with Gasteiger partial charge in [-0.1, -0.05) is 71.4 Å². The van der Waals surface area contributed by atoms with E-state index in [4.69, 9.17) is 23.2 Å². The highest BCUT2D eigenvalue weighted by atomic mass is 35.5. The van der Waals surface area contributed by atoms with Crippen molar-refractivity contribution >= 4 is 52.5 Å². The Bertz CT molecular complexity index is 1150. The molecule has 0 radical (unpaired) electrons. The number of imide groups is 1. The minimum absolute atomic E-state index is 0.250. The third-order valence-corrected chi connectivity index (χ3v) is 6.30. The van der Waals surface area contributed by atoms with Gasteiger partial charge in [0.05, 0.1) is 0 Å². The molecular formula is C24H18Cl2N2O2S. The van der Waals surface area contributed by atoms with Crippen molar-refractivity contribution in [3.8, 4) is 0 Å². The van der Waals surface area contributed by atoms with Crippen LogP contribution >= 0.6 is 35.0 Å². The highest BCUT2D eigenvalue weighted by Gasteiger charge is 2.38. The van der Waals surface area contributed by atoms with E-state index in [9.17, 15) is 9.59 Å². The number of anilines is 1. The zero-order valence-electron chi connectivity index (χ0n) is 16.3. The molecule has 0 aliphatic carbocycles. The van der Waals surface area contributed by atoms with Crippen molar-refractivity contribution in [2.45, 2.75) is 11.3 Å². The largest absolute Gasteiger partial charge is 0.350 e. The zero-order chi connectivity index (χ0) is 21.8. The predicted octanol–water partition coefficient (Wildman–Crippen LogP) is 6.02. The summed E-state index contributed by atoms with van der Waals surface area (Å²) in [7, 11) is 0. The second-order valence-electron chi connectivity index (χ2n) is 6.89. The Balaban J connectivity index is 1.62. The SMILES string of the molecule is O=C1C(Nc2cccc(Cl)c2)=C(Sc2ccc(Cl)cc2)C(=O)N1CCc1ccccc1. The summed E-state index contributed by atoms with van der Waals surface area (Å²) in [5, 5.41) is 4.25. The smallest absolute Gasteiger partial charge is 0.278 e. The molecule has 4 rings (SSSR count). The van der Waals surface area contributed by atoms with Crippen molar-refractivity contribution in [1.29, 1.82) is 0 Å². The van der Waals surface area contributed by atoms with E-state index in [0.717, 1.165) is 10.5 Å². The normalized spacial score (nSPS) is 13.8. The van der Waals surface area contributed by atoms with Gasteiger partial charge in [0.1, 0.15) is 10.6 Å². The van der Waals surface area contributed by atoms with Crippen LogP contribution in [0, 0.1) is 0 Å². The summed E-state index contributed by atoms with van der Waals surface area (Å²) in [6, 6.07) is 24.0. The first-order valence-corrected chi connectivity index (χ1v) is 11.2. The summed E-state index contributed by atoms with van der Waals surface area (Å²) in [6.45, 7) is 0.299. The lowest BCUT2D eigenvalue weighted by Crippen LogP contribution is -2.34. The topological polar surface area (TPSA) is 49.4 Å². The van der Waals surface area contributed by atoms with E-state index in [0.29, 0.717) is 33.6 Å². The van der Waals surface area contributed by atoms with E-state index in [2.05, 4.69) is 5.32 Å². The lowest BCUT2D eigenvalue weighted by atomic mass is 10.1. The third-order valence-electron chi connectivity index (χ3n) is 4.72. The van der Waals surface area contributed by atoms with Crippen LogP contribution in [-0.4, -0.2) is 23.3 Å². The van der Waals surface area contributed by atoms with Gasteiger partial charge in [0.2, 0.25) is 0 Å². The van der Waals surface area contributed by atoms with Crippen LogP contribution in [0.4, 0.5) is 5.69 Å². The molecule has 0 bridgehead atoms. The van der Waals surface area contributed by atoms with Gasteiger partial charge in [-0.15, -0.1) is 0 Å². The Morgan fingerprint density at radius 3 is 2.26 bits per heavy atom. The van der Waals surface area contributed by atoms with Crippen LogP contribution in [0.5, 0.6) is 0 Å². The monoisotopic (exact) mass is 468 g/mol. The lowest BCUT2D eigenvalue weighted by Gasteiger charge is -2.15. The number of benzene rings is 3. The number of nitrogens with one attached hydrogen (secondary N) is 1. The van der Waals surface area contributed by atoms with Crippen LogP contribution in [0.1, 0.15) is 5.56 Å². The Hall–Kier alpha value is -2.73. The van der Waals surface area contributed by atoms with Crippen LogP contribution in [0.25, 0.3) is 0 Å². The summed E-state index contributed by atoms with van der Waals surface area (Å²) in [5.41, 5.74) is 1.95. The molecule has 1 N–H and O–H groups in total. The highest BCUT2D eigenvalue weighted by Crippen LogP contribution is 2.36. The van der Waals surface area contributed by atoms with Gasteiger partial charge in [-0.25, -0.2) is 0 Å². The van der Waals surface area contributed by atoms with Gasteiger partial charge in [-0.05, 0) is 54.4 Å². The van der Waals surface area contributed by atoms with Gasteiger partial charge in [-0.3, -0.25) is 14.5 Å². The number of rotatable bonds is 7. The van der Waals surface area contributed by atoms with E-state index in [1.54, 1.807) is 36.4 Å². The van der Waals surface area contributed by atoms with Crippen LogP contribution < -0.4 is 5.32 Å². The fraction of sp³-hybridized carbons (Fsp3) is 0.0833. The zero-order valence-corrected chi connectivity index (χ0v) is 18.7. The van der Waals surface area contributed by atoms with Gasteiger partial charge in [0.15, 0.2) is 0 Å². The quantitative estimate of drug-likeness (QED) is 0.430. The first kappa shape index (κ1) is 21.5. The van der Waals surface area contributed by atoms with E-state index < -0.39 is 0 Å². The maximum atomic E-state index is 13.2. The number of hydrogen-bond acceptors (Lipinski definition) is 4. The molecule has 4 nitrogen and oxygen atoms in total. The maximum Gasteiger partial charge on any atom is 0.278 e. The van der Waals surface area contributed by atoms with Crippen molar-refractivity contribution in [3.05, 3.63) is 105 Å². The minimum Gasteiger partial charge on any atom is -0.350 e. The molecule has 0 saturated carbocycles. The summed E-state index contributed by atoms with van der Waals surface area (Å²) in [4.78, 5) is 28.9. The summed E-state index contributed by atoms with van der Waals surface area (Å²) in [5.74, 6) is -0.664. The summed E-state index contributed by atoms with van der Waals surface area (Å²) >= 11 is 13.3. The number of thioether (sulfide) groups is 1. The molecule has 0 spiro atoms. The number of carbonyl (C=O) groups excluding carboxylic acids is 2. The second-order valence-corrected chi connectivity index (χ2v) is 8.85. The van der Waals surface area contributed by atoms with Crippen molar-refractivity contribution in [1.82, 2.24) is 4.90 Å². The summed E-state index contributed by atoms with van der Waals surface area (Å²) < 4.78 is 0. The Labute approximate surface area is 194 Å². The second kappa shape index (κ2) is 9.60. The first-order valence-electron chi connectivity index (χ1n) is 9.61. The Morgan fingerprint density at radius 2 is 1.55 bits per heavy atom. The first-order chi connectivity index (χ1) is 15.0. The van der Waals surface area contributed by atoms with Gasteiger partial charge in [-0.2, -0.15) is 0 Å². The molecular weight excluding hydrogens is 451 g/mol. The highest BCUT2D eigenvalue weighted by molar-refractivity contribution is 8.04. The average Bonchev–Trinajstić information content (AvgIpc) is 2.98. The Morgan fingerprint density at radius 1 is 0.806 bits per heavy atom. The molecule has 0 atom stereocenters. The van der Waals surface area contributed by atoms with Gasteiger partial charge < -0.3 is 5.32 Å². The van der Waals surface area contributed by atoms with Crippen molar-refractivity contribution in [2.75, 3.05) is 11.9 Å². The molecule has 1 aliphatic heterocycles. The predicted molar refractivity (Wildman–Crippen MR) is 126 cm³/mol. The number of nitrogens with zero attached hydrogens (tertiary/aromatic N) is 1. The molecule has 0 fully saturated rings. The van der Waals surface area contributed by atoms with E-state index >= 15 is 0 Å². The molecule has 7 heteroatoms. The molecule has 0 aromatic heterocycles. The molecule has 3 aromatic rings. The van der Waals surface area contributed by atoms with Crippen LogP contribution in [0.3, 0.4) is 0 Å². The Kier molecular flexibility index (Phi) is 6.66. The molecule has 1 aliphatic rings. The fourth-order valence-corrected chi connectivity index (χ4v) is 4.44. The van der Waals surface area contributed by atoms with Crippen molar-refractivity contribution in [2.24, 2.45) is 0 Å². The van der Waals surface area contributed by atoms with E-state index in [1.165, 1.54) is 16.7 Å². The standard InChI is InChI=1S/C24H18Cl2N2O2S/c25-17-9-11-20(12-10-17)31-22-21(27-19-8-4-7-18(26)15-19)23(29)28(24(22)30)14-13-16-5-2-1-3-6-16/h1-12,15,27H,13-14H2.